The zero-order chi connectivity index (χ0) is 16.6. The topological polar surface area (TPSA) is 84.5 Å². The fourth-order valence-corrected chi connectivity index (χ4v) is 3.89. The van der Waals surface area contributed by atoms with E-state index in [0.717, 1.165) is 4.47 Å². The van der Waals surface area contributed by atoms with Crippen LogP contribution in [-0.2, 0) is 14.8 Å². The van der Waals surface area contributed by atoms with Crippen LogP contribution in [0.4, 0.5) is 11.4 Å². The van der Waals surface area contributed by atoms with E-state index in [-0.39, 0.29) is 28.1 Å². The molecule has 2 aromatic rings. The van der Waals surface area contributed by atoms with E-state index >= 15 is 0 Å². The Morgan fingerprint density at radius 1 is 1.22 bits per heavy atom. The number of ether oxygens (including phenoxy) is 1. The molecule has 0 aromatic heterocycles. The van der Waals surface area contributed by atoms with Crippen molar-refractivity contribution >= 4 is 54.8 Å². The fourth-order valence-electron chi connectivity index (χ4n) is 2.01. The normalized spacial score (nSPS) is 13.7. The van der Waals surface area contributed by atoms with Gasteiger partial charge in [0.15, 0.2) is 6.61 Å². The number of sulfonamides is 1. The first-order valence-electron chi connectivity index (χ1n) is 6.40. The number of anilines is 2. The van der Waals surface area contributed by atoms with Gasteiger partial charge in [-0.2, -0.15) is 0 Å². The third-order valence-corrected chi connectivity index (χ3v) is 5.24. The molecule has 3 rings (SSSR count). The maximum absolute atomic E-state index is 12.5. The van der Waals surface area contributed by atoms with Crippen molar-refractivity contribution < 1.29 is 17.9 Å². The highest BCUT2D eigenvalue weighted by Crippen LogP contribution is 2.32. The van der Waals surface area contributed by atoms with E-state index in [2.05, 4.69) is 26.0 Å². The van der Waals surface area contributed by atoms with Crippen molar-refractivity contribution in [1.29, 1.82) is 0 Å². The molecule has 9 heteroatoms. The third kappa shape index (κ3) is 3.44. The van der Waals surface area contributed by atoms with E-state index in [1.165, 1.54) is 18.2 Å². The molecule has 0 atom stereocenters. The smallest absolute Gasteiger partial charge is 0.262 e. The van der Waals surface area contributed by atoms with E-state index in [1.54, 1.807) is 18.2 Å². The molecular formula is C14H10BrClN2O4S. The highest BCUT2D eigenvalue weighted by Gasteiger charge is 2.21. The van der Waals surface area contributed by atoms with Crippen LogP contribution in [0, 0.1) is 0 Å². The minimum absolute atomic E-state index is 0.0129. The number of benzene rings is 2. The number of carbonyl (C=O) groups is 1. The molecule has 0 saturated heterocycles. The quantitative estimate of drug-likeness (QED) is 0.803. The summed E-state index contributed by atoms with van der Waals surface area (Å²) in [5.41, 5.74) is 0.568. The largest absolute Gasteiger partial charge is 0.482 e. The van der Waals surface area contributed by atoms with Crippen molar-refractivity contribution in [3.8, 4) is 5.75 Å². The van der Waals surface area contributed by atoms with Crippen LogP contribution in [0.25, 0.3) is 0 Å². The summed E-state index contributed by atoms with van der Waals surface area (Å²) in [6, 6.07) is 9.03. The van der Waals surface area contributed by atoms with Crippen LogP contribution in [0.5, 0.6) is 5.75 Å². The Bertz CT molecular complexity index is 902. The lowest BCUT2D eigenvalue weighted by atomic mass is 10.2. The van der Waals surface area contributed by atoms with Gasteiger partial charge in [-0.1, -0.05) is 27.5 Å². The Labute approximate surface area is 146 Å². The predicted molar refractivity (Wildman–Crippen MR) is 90.5 cm³/mol. The molecule has 6 nitrogen and oxygen atoms in total. The van der Waals surface area contributed by atoms with E-state index in [0.29, 0.717) is 11.4 Å². The van der Waals surface area contributed by atoms with Crippen LogP contribution < -0.4 is 14.8 Å². The standard InChI is InChI=1S/C14H10BrClN2O4S/c15-8-1-3-11(10(16)5-8)18-23(20,21)9-2-4-13-12(6-9)17-14(19)7-22-13/h1-6,18H,7H2,(H,17,19). The van der Waals surface area contributed by atoms with Crippen LogP contribution in [0.15, 0.2) is 45.8 Å². The van der Waals surface area contributed by atoms with Gasteiger partial charge < -0.3 is 10.1 Å². The average molecular weight is 418 g/mol. The summed E-state index contributed by atoms with van der Waals surface area (Å²) in [4.78, 5) is 11.3. The SMILES string of the molecule is O=C1COc2ccc(S(=O)(=O)Nc3ccc(Br)cc3Cl)cc2N1. The minimum atomic E-state index is -3.86. The number of halogens is 2. The molecule has 120 valence electrons. The number of fused-ring (bicyclic) bond motifs is 1. The minimum Gasteiger partial charge on any atom is -0.482 e. The Morgan fingerprint density at radius 2 is 2.00 bits per heavy atom. The molecule has 2 N–H and O–H groups in total. The maximum Gasteiger partial charge on any atom is 0.262 e. The molecule has 0 spiro atoms. The summed E-state index contributed by atoms with van der Waals surface area (Å²) < 4.78 is 33.3. The Morgan fingerprint density at radius 3 is 2.74 bits per heavy atom. The van der Waals surface area contributed by atoms with Gasteiger partial charge in [0.2, 0.25) is 0 Å². The number of carbonyl (C=O) groups excluding carboxylic acids is 1. The summed E-state index contributed by atoms with van der Waals surface area (Å²) in [5, 5.41) is 2.83. The second-order valence-corrected chi connectivity index (χ2v) is 7.73. The van der Waals surface area contributed by atoms with E-state index in [4.69, 9.17) is 16.3 Å². The molecule has 0 radical (unpaired) electrons. The first kappa shape index (κ1) is 16.1. The number of nitrogens with one attached hydrogen (secondary N) is 2. The van der Waals surface area contributed by atoms with Crippen LogP contribution in [0.3, 0.4) is 0 Å². The molecule has 0 bridgehead atoms. The van der Waals surface area contributed by atoms with Gasteiger partial charge >= 0.3 is 0 Å². The van der Waals surface area contributed by atoms with Crippen molar-refractivity contribution in [3.63, 3.8) is 0 Å². The summed E-state index contributed by atoms with van der Waals surface area (Å²) in [7, 11) is -3.86. The van der Waals surface area contributed by atoms with Gasteiger partial charge in [0.25, 0.3) is 15.9 Å². The second kappa shape index (κ2) is 6.03. The monoisotopic (exact) mass is 416 g/mol. The molecule has 23 heavy (non-hydrogen) atoms. The van der Waals surface area contributed by atoms with Gasteiger partial charge in [0.05, 0.1) is 21.3 Å². The summed E-state index contributed by atoms with van der Waals surface area (Å²) >= 11 is 9.28. The van der Waals surface area contributed by atoms with E-state index in [1.807, 2.05) is 0 Å². The zero-order valence-electron chi connectivity index (χ0n) is 11.5. The molecule has 1 amide bonds. The van der Waals surface area contributed by atoms with Crippen LogP contribution in [0.2, 0.25) is 5.02 Å². The van der Waals surface area contributed by atoms with E-state index in [9.17, 15) is 13.2 Å². The highest BCUT2D eigenvalue weighted by molar-refractivity contribution is 9.10. The molecule has 1 heterocycles. The van der Waals surface area contributed by atoms with Crippen LogP contribution >= 0.6 is 27.5 Å². The first-order valence-corrected chi connectivity index (χ1v) is 9.05. The maximum atomic E-state index is 12.5. The molecule has 1 aliphatic heterocycles. The average Bonchev–Trinajstić information content (AvgIpc) is 2.49. The van der Waals surface area contributed by atoms with Gasteiger partial charge in [0, 0.05) is 4.47 Å². The zero-order valence-corrected chi connectivity index (χ0v) is 14.6. The lowest BCUT2D eigenvalue weighted by Crippen LogP contribution is -2.25. The van der Waals surface area contributed by atoms with Crippen molar-refractivity contribution in [1.82, 2.24) is 0 Å². The number of amides is 1. The van der Waals surface area contributed by atoms with Crippen molar-refractivity contribution in [2.75, 3.05) is 16.6 Å². The van der Waals surface area contributed by atoms with Gasteiger partial charge in [-0.05, 0) is 36.4 Å². The predicted octanol–water partition coefficient (Wildman–Crippen LogP) is 3.23. The number of hydrogen-bond donors (Lipinski definition) is 2. The van der Waals surface area contributed by atoms with E-state index < -0.39 is 10.0 Å². The summed E-state index contributed by atoms with van der Waals surface area (Å²) in [5.74, 6) is 0.0844. The van der Waals surface area contributed by atoms with Crippen LogP contribution in [0.1, 0.15) is 0 Å². The number of hydrogen-bond acceptors (Lipinski definition) is 4. The lowest BCUT2D eigenvalue weighted by molar-refractivity contribution is -0.118. The molecule has 0 unspecified atom stereocenters. The third-order valence-electron chi connectivity index (χ3n) is 3.07. The van der Waals surface area contributed by atoms with Gasteiger partial charge in [-0.15, -0.1) is 0 Å². The second-order valence-electron chi connectivity index (χ2n) is 4.72. The van der Waals surface area contributed by atoms with Crippen LogP contribution in [-0.4, -0.2) is 20.9 Å². The van der Waals surface area contributed by atoms with Crippen molar-refractivity contribution in [3.05, 3.63) is 45.9 Å². The van der Waals surface area contributed by atoms with Crippen molar-refractivity contribution in [2.45, 2.75) is 4.90 Å². The molecule has 0 fully saturated rings. The molecule has 0 saturated carbocycles. The van der Waals surface area contributed by atoms with Gasteiger partial charge in [-0.3, -0.25) is 9.52 Å². The van der Waals surface area contributed by atoms with Crippen molar-refractivity contribution in [2.24, 2.45) is 0 Å². The van der Waals surface area contributed by atoms with Gasteiger partial charge in [-0.25, -0.2) is 8.42 Å². The molecule has 2 aromatic carbocycles. The Kier molecular flexibility index (Phi) is 4.22. The Balaban J connectivity index is 1.93. The Hall–Kier alpha value is -1.77. The highest BCUT2D eigenvalue weighted by atomic mass is 79.9. The summed E-state index contributed by atoms with van der Waals surface area (Å²) in [6.45, 7) is -0.0914. The molecule has 1 aliphatic rings. The lowest BCUT2D eigenvalue weighted by Gasteiger charge is -2.18. The number of rotatable bonds is 3. The summed E-state index contributed by atoms with van der Waals surface area (Å²) in [6.07, 6.45) is 0. The molecule has 0 aliphatic carbocycles. The molecular weight excluding hydrogens is 408 g/mol. The first-order chi connectivity index (χ1) is 10.8. The van der Waals surface area contributed by atoms with Gasteiger partial charge in [0.1, 0.15) is 5.75 Å². The fraction of sp³-hybridized carbons (Fsp3) is 0.0714.